The molecule has 0 aromatic carbocycles. The minimum absolute atomic E-state index is 0.463. The molecule has 4 rings (SSSR count). The van der Waals surface area contributed by atoms with Crippen LogP contribution in [0.25, 0.3) is 11.0 Å². The summed E-state index contributed by atoms with van der Waals surface area (Å²) < 4.78 is 0.987. The third-order valence-electron chi connectivity index (χ3n) is 4.50. The van der Waals surface area contributed by atoms with Crippen LogP contribution in [0, 0.1) is 6.92 Å². The van der Waals surface area contributed by atoms with Gasteiger partial charge in [0.2, 0.25) is 0 Å². The molecule has 118 valence electrons. The number of aromatic amines is 1. The van der Waals surface area contributed by atoms with Crippen LogP contribution >= 0.6 is 0 Å². The summed E-state index contributed by atoms with van der Waals surface area (Å²) in [5.41, 5.74) is 4.27. The van der Waals surface area contributed by atoms with E-state index in [0.717, 1.165) is 40.8 Å². The van der Waals surface area contributed by atoms with Gasteiger partial charge < -0.3 is 0 Å². The van der Waals surface area contributed by atoms with Gasteiger partial charge in [-0.15, -0.1) is 0 Å². The summed E-state index contributed by atoms with van der Waals surface area (Å²) in [6, 6.07) is 4.12. The first-order chi connectivity index (χ1) is 11.2. The first kappa shape index (κ1) is 14.6. The zero-order chi connectivity index (χ0) is 15.8. The molecule has 23 heavy (non-hydrogen) atoms. The van der Waals surface area contributed by atoms with E-state index < -0.39 is 0 Å². The fraction of sp³-hybridized carbons (Fsp3) is 0.375. The van der Waals surface area contributed by atoms with E-state index in [1.807, 2.05) is 12.3 Å². The Bertz CT molecular complexity index is 845. The van der Waals surface area contributed by atoms with Crippen LogP contribution in [-0.2, 0) is 0 Å². The van der Waals surface area contributed by atoms with Crippen molar-refractivity contribution in [2.24, 2.45) is 0 Å². The second kappa shape index (κ2) is 5.93. The summed E-state index contributed by atoms with van der Waals surface area (Å²) in [6.45, 7) is 4.12. The van der Waals surface area contributed by atoms with Gasteiger partial charge in [-0.25, -0.2) is 0 Å². The molecule has 7 heteroatoms. The Morgan fingerprint density at radius 1 is 1.30 bits per heavy atom. The van der Waals surface area contributed by atoms with E-state index in [4.69, 9.17) is 4.98 Å². The molecule has 0 amide bonds. The van der Waals surface area contributed by atoms with E-state index in [9.17, 15) is 0 Å². The average Bonchev–Trinajstić information content (AvgIpc) is 3.01. The van der Waals surface area contributed by atoms with Crippen LogP contribution in [0.2, 0.25) is 0 Å². The molecule has 1 aliphatic heterocycles. The molecule has 4 heterocycles. The van der Waals surface area contributed by atoms with E-state index in [1.54, 1.807) is 6.33 Å². The number of fused-ring (bicyclic) bond motifs is 1. The minimum atomic E-state index is 0.463. The second-order valence-electron chi connectivity index (χ2n) is 6.03. The fourth-order valence-corrected chi connectivity index (χ4v) is 3.89. The first-order valence-corrected chi connectivity index (χ1v) is 9.06. The molecular weight excluding hydrogens is 351 g/mol. The number of nitrogens with one attached hydrogen (secondary N) is 1. The van der Waals surface area contributed by atoms with Crippen LogP contribution in [0.1, 0.15) is 30.0 Å². The third kappa shape index (κ3) is 2.72. The van der Waals surface area contributed by atoms with Gasteiger partial charge in [-0.3, -0.25) is 0 Å². The zero-order valence-corrected chi connectivity index (χ0v) is 15.5. The molecule has 1 fully saturated rings. The van der Waals surface area contributed by atoms with Crippen molar-refractivity contribution in [1.29, 1.82) is 0 Å². The van der Waals surface area contributed by atoms with Gasteiger partial charge >= 0.3 is 143 Å². The van der Waals surface area contributed by atoms with Crippen molar-refractivity contribution >= 4 is 38.2 Å². The van der Waals surface area contributed by atoms with Crippen molar-refractivity contribution in [1.82, 2.24) is 25.1 Å². The van der Waals surface area contributed by atoms with Crippen LogP contribution in [0.4, 0.5) is 5.82 Å². The van der Waals surface area contributed by atoms with Crippen molar-refractivity contribution < 1.29 is 0 Å². The van der Waals surface area contributed by atoms with Crippen molar-refractivity contribution in [3.05, 3.63) is 35.9 Å². The van der Waals surface area contributed by atoms with Crippen molar-refractivity contribution in [3.63, 3.8) is 0 Å². The molecule has 0 radical (unpaired) electrons. The number of rotatable bonds is 2. The number of hydrogen-bond acceptors (Lipinski definition) is 5. The normalized spacial score (nSPS) is 18.5. The number of aryl methyl sites for hydroxylation is 1. The van der Waals surface area contributed by atoms with Gasteiger partial charge in [-0.1, -0.05) is 0 Å². The maximum absolute atomic E-state index is 4.82. The SMILES string of the molecule is Cc1c[nH]nc1C1CCCN(c2ccc3ncnc([AsH2])c3n2)C1. The van der Waals surface area contributed by atoms with E-state index in [-0.39, 0.29) is 0 Å². The van der Waals surface area contributed by atoms with Gasteiger partial charge in [0, 0.05) is 0 Å². The second-order valence-corrected chi connectivity index (χ2v) is 7.18. The molecule has 1 saturated heterocycles. The van der Waals surface area contributed by atoms with Gasteiger partial charge in [0.05, 0.1) is 0 Å². The Morgan fingerprint density at radius 3 is 3.04 bits per heavy atom. The summed E-state index contributed by atoms with van der Waals surface area (Å²) in [5, 5.41) is 7.43. The Morgan fingerprint density at radius 2 is 2.22 bits per heavy atom. The molecule has 2 atom stereocenters. The van der Waals surface area contributed by atoms with E-state index in [1.165, 1.54) is 34.5 Å². The van der Waals surface area contributed by atoms with Crippen molar-refractivity contribution in [2.75, 3.05) is 18.0 Å². The topological polar surface area (TPSA) is 70.6 Å². The predicted molar refractivity (Wildman–Crippen MR) is 93.0 cm³/mol. The summed E-state index contributed by atoms with van der Waals surface area (Å²) >= 11 is 1.48. The Balaban J connectivity index is 1.65. The Hall–Kier alpha value is -1.94. The molecule has 6 nitrogen and oxygen atoms in total. The van der Waals surface area contributed by atoms with Gasteiger partial charge in [-0.05, 0) is 0 Å². The van der Waals surface area contributed by atoms with Crippen molar-refractivity contribution in [3.8, 4) is 0 Å². The molecule has 1 aliphatic rings. The standard InChI is InChI=1S/C16H19AsN6/c1-10-7-20-22-14(10)11-3-2-6-23(8-11)13-5-4-12-15(21-13)16(17)19-9-18-12/h4-5,7,9,11H,2-3,6,8,17H2,1H3,(H,20,22). The Labute approximate surface area is 143 Å². The third-order valence-corrected chi connectivity index (χ3v) is 5.38. The van der Waals surface area contributed by atoms with Gasteiger partial charge in [-0.2, -0.15) is 0 Å². The van der Waals surface area contributed by atoms with E-state index in [0.29, 0.717) is 5.92 Å². The summed E-state index contributed by atoms with van der Waals surface area (Å²) in [6.07, 6.45) is 5.93. The molecule has 0 saturated carbocycles. The number of hydrogen-bond donors (Lipinski definition) is 1. The molecular formula is C16H19AsN6. The number of anilines is 1. The number of aromatic nitrogens is 5. The maximum atomic E-state index is 4.82. The van der Waals surface area contributed by atoms with Crippen LogP contribution in [0.3, 0.4) is 0 Å². The molecule has 3 aromatic rings. The predicted octanol–water partition coefficient (Wildman–Crippen LogP) is 0.699. The number of nitrogens with zero attached hydrogens (tertiary/aromatic N) is 5. The van der Waals surface area contributed by atoms with Gasteiger partial charge in [0.1, 0.15) is 0 Å². The monoisotopic (exact) mass is 370 g/mol. The van der Waals surface area contributed by atoms with E-state index >= 15 is 0 Å². The molecule has 0 spiro atoms. The van der Waals surface area contributed by atoms with Crippen LogP contribution < -0.4 is 9.38 Å². The molecule has 3 aromatic heterocycles. The average molecular weight is 370 g/mol. The molecule has 2 unspecified atom stereocenters. The van der Waals surface area contributed by atoms with Gasteiger partial charge in [0.15, 0.2) is 0 Å². The molecule has 1 N–H and O–H groups in total. The van der Waals surface area contributed by atoms with Crippen LogP contribution in [-0.4, -0.2) is 55.1 Å². The first-order valence-electron chi connectivity index (χ1n) is 7.85. The summed E-state index contributed by atoms with van der Waals surface area (Å²) in [5.74, 6) is 1.48. The van der Waals surface area contributed by atoms with E-state index in [2.05, 4.69) is 38.1 Å². The molecule has 0 bridgehead atoms. The Kier molecular flexibility index (Phi) is 3.77. The quantitative estimate of drug-likeness (QED) is 0.673. The summed E-state index contributed by atoms with van der Waals surface area (Å²) in [7, 11) is 0. The van der Waals surface area contributed by atoms with Crippen LogP contribution in [0.5, 0.6) is 0 Å². The fourth-order valence-electron chi connectivity index (χ4n) is 3.31. The number of piperidine rings is 1. The number of H-pyrrole nitrogens is 1. The number of pyridine rings is 1. The molecule has 0 aliphatic carbocycles. The summed E-state index contributed by atoms with van der Waals surface area (Å²) in [4.78, 5) is 15.8. The van der Waals surface area contributed by atoms with Crippen LogP contribution in [0.15, 0.2) is 24.7 Å². The van der Waals surface area contributed by atoms with Crippen molar-refractivity contribution in [2.45, 2.75) is 25.7 Å². The van der Waals surface area contributed by atoms with Gasteiger partial charge in [0.25, 0.3) is 0 Å². The zero-order valence-electron chi connectivity index (χ0n) is 13.0.